The summed E-state index contributed by atoms with van der Waals surface area (Å²) < 4.78 is 56.0. The average molecular weight is 477 g/mol. The number of halogens is 6. The van der Waals surface area contributed by atoms with Gasteiger partial charge in [0.2, 0.25) is 0 Å². The smallest absolute Gasteiger partial charge is 0.394 e. The molecule has 0 amide bonds. The molecule has 2 aromatic carbocycles. The Morgan fingerprint density at radius 2 is 2.00 bits per heavy atom. The summed E-state index contributed by atoms with van der Waals surface area (Å²) in [7, 11) is 0. The van der Waals surface area contributed by atoms with Gasteiger partial charge in [-0.05, 0) is 43.3 Å². The molecule has 1 saturated heterocycles. The molecule has 0 bridgehead atoms. The van der Waals surface area contributed by atoms with Gasteiger partial charge in [0.25, 0.3) is 0 Å². The highest BCUT2D eigenvalue weighted by Gasteiger charge is 2.41. The Labute approximate surface area is 184 Å². The van der Waals surface area contributed by atoms with Crippen molar-refractivity contribution in [2.24, 2.45) is 0 Å². The average Bonchev–Trinajstić information content (AvgIpc) is 3.31. The minimum Gasteiger partial charge on any atom is -0.394 e. The first-order valence-electron chi connectivity index (χ1n) is 9.48. The van der Waals surface area contributed by atoms with E-state index in [0.717, 1.165) is 4.68 Å². The topological polar surface area (TPSA) is 62.1 Å². The van der Waals surface area contributed by atoms with Crippen LogP contribution in [-0.4, -0.2) is 34.6 Å². The van der Waals surface area contributed by atoms with Crippen LogP contribution in [0.25, 0.3) is 10.9 Å². The van der Waals surface area contributed by atoms with Crippen LogP contribution < -0.4 is 10.6 Å². The first-order valence-corrected chi connectivity index (χ1v) is 10.2. The van der Waals surface area contributed by atoms with Crippen molar-refractivity contribution in [3.05, 3.63) is 57.5 Å². The SMILES string of the molecule is OCCn1nc(C(F)(F)F)c2ccc(NC3(c4c(F)ccc(Cl)c4Cl)CCNC3)cc21. The number of aromatic nitrogens is 2. The van der Waals surface area contributed by atoms with E-state index >= 15 is 0 Å². The van der Waals surface area contributed by atoms with Crippen molar-refractivity contribution in [1.29, 1.82) is 0 Å². The number of nitrogens with zero attached hydrogens (tertiary/aromatic N) is 2. The van der Waals surface area contributed by atoms with Crippen LogP contribution in [-0.2, 0) is 18.3 Å². The third-order valence-electron chi connectivity index (χ3n) is 5.39. The van der Waals surface area contributed by atoms with E-state index < -0.39 is 23.2 Å². The van der Waals surface area contributed by atoms with E-state index in [2.05, 4.69) is 15.7 Å². The van der Waals surface area contributed by atoms with Crippen LogP contribution in [0.2, 0.25) is 10.0 Å². The number of aliphatic hydroxyl groups is 1. The predicted octanol–water partition coefficient (Wildman–Crippen LogP) is 4.79. The minimum atomic E-state index is -4.64. The van der Waals surface area contributed by atoms with E-state index in [1.54, 1.807) is 0 Å². The van der Waals surface area contributed by atoms with Gasteiger partial charge in [-0.25, -0.2) is 4.39 Å². The van der Waals surface area contributed by atoms with Gasteiger partial charge in [-0.2, -0.15) is 18.3 Å². The fraction of sp³-hybridized carbons (Fsp3) is 0.350. The zero-order chi connectivity index (χ0) is 22.4. The molecule has 1 aromatic heterocycles. The quantitative estimate of drug-likeness (QED) is 0.365. The van der Waals surface area contributed by atoms with Gasteiger partial charge < -0.3 is 15.7 Å². The summed E-state index contributed by atoms with van der Waals surface area (Å²) in [5.74, 6) is -0.531. The van der Waals surface area contributed by atoms with Gasteiger partial charge in [0.1, 0.15) is 5.82 Å². The monoisotopic (exact) mass is 476 g/mol. The van der Waals surface area contributed by atoms with Crippen LogP contribution in [0.1, 0.15) is 17.7 Å². The molecule has 0 aliphatic carbocycles. The highest BCUT2D eigenvalue weighted by molar-refractivity contribution is 6.42. The van der Waals surface area contributed by atoms with Crippen LogP contribution in [0, 0.1) is 5.82 Å². The summed E-state index contributed by atoms with van der Waals surface area (Å²) in [6.45, 7) is 0.449. The van der Waals surface area contributed by atoms with Crippen LogP contribution >= 0.6 is 23.2 Å². The largest absolute Gasteiger partial charge is 0.435 e. The summed E-state index contributed by atoms with van der Waals surface area (Å²) in [6.07, 6.45) is -4.16. The molecule has 3 N–H and O–H groups in total. The summed E-state index contributed by atoms with van der Waals surface area (Å²) in [5, 5.41) is 19.5. The molecule has 1 unspecified atom stereocenters. The summed E-state index contributed by atoms with van der Waals surface area (Å²) in [5.41, 5.74) is -1.12. The number of aliphatic hydroxyl groups excluding tert-OH is 1. The van der Waals surface area contributed by atoms with Crippen LogP contribution in [0.15, 0.2) is 30.3 Å². The van der Waals surface area contributed by atoms with Crippen LogP contribution in [0.3, 0.4) is 0 Å². The number of nitrogens with one attached hydrogen (secondary N) is 2. The van der Waals surface area contributed by atoms with E-state index in [0.29, 0.717) is 25.2 Å². The van der Waals surface area contributed by atoms with E-state index in [1.165, 1.54) is 30.3 Å². The van der Waals surface area contributed by atoms with E-state index in [9.17, 15) is 22.7 Å². The molecule has 5 nitrogen and oxygen atoms in total. The molecule has 31 heavy (non-hydrogen) atoms. The molecule has 0 saturated carbocycles. The molecular weight excluding hydrogens is 459 g/mol. The van der Waals surface area contributed by atoms with E-state index in [4.69, 9.17) is 23.2 Å². The maximum atomic E-state index is 14.8. The van der Waals surface area contributed by atoms with Crippen molar-refractivity contribution in [3.63, 3.8) is 0 Å². The second-order valence-corrected chi connectivity index (χ2v) is 8.16. The lowest BCUT2D eigenvalue weighted by molar-refractivity contribution is -0.140. The van der Waals surface area contributed by atoms with Crippen molar-refractivity contribution in [2.75, 3.05) is 25.0 Å². The predicted molar refractivity (Wildman–Crippen MR) is 111 cm³/mol. The molecule has 1 aliphatic rings. The molecule has 2 heterocycles. The maximum absolute atomic E-state index is 14.8. The zero-order valence-corrected chi connectivity index (χ0v) is 17.5. The number of benzene rings is 2. The van der Waals surface area contributed by atoms with E-state index in [-0.39, 0.29) is 39.7 Å². The Morgan fingerprint density at radius 3 is 2.65 bits per heavy atom. The molecule has 1 atom stereocenters. The van der Waals surface area contributed by atoms with Crippen molar-refractivity contribution >= 4 is 39.8 Å². The molecule has 0 spiro atoms. The van der Waals surface area contributed by atoms with Crippen LogP contribution in [0.4, 0.5) is 23.2 Å². The fourth-order valence-electron chi connectivity index (χ4n) is 4.04. The molecule has 4 rings (SSSR count). The van der Waals surface area contributed by atoms with E-state index in [1.807, 2.05) is 0 Å². The number of anilines is 1. The number of hydrogen-bond donors (Lipinski definition) is 3. The van der Waals surface area contributed by atoms with Gasteiger partial charge >= 0.3 is 6.18 Å². The number of fused-ring (bicyclic) bond motifs is 1. The first kappa shape index (κ1) is 22.1. The Hall–Kier alpha value is -2.07. The van der Waals surface area contributed by atoms with Crippen molar-refractivity contribution in [2.45, 2.75) is 24.7 Å². The third kappa shape index (κ3) is 3.95. The summed E-state index contributed by atoms with van der Waals surface area (Å²) in [4.78, 5) is 0. The summed E-state index contributed by atoms with van der Waals surface area (Å²) >= 11 is 12.5. The standard InChI is InChI=1S/C20H18Cl2F4N4O/c21-13-3-4-14(23)16(17(13)22)19(5-6-27-10-19)28-11-1-2-12-15(9-11)30(7-8-31)29-18(12)20(24,25)26/h1-4,9,27-28,31H,5-8,10H2. The fourth-order valence-corrected chi connectivity index (χ4v) is 4.53. The lowest BCUT2D eigenvalue weighted by Crippen LogP contribution is -2.39. The van der Waals surface area contributed by atoms with Crippen molar-refractivity contribution in [1.82, 2.24) is 15.1 Å². The normalized spacial score (nSPS) is 19.3. The Kier molecular flexibility index (Phi) is 5.80. The number of rotatable bonds is 5. The van der Waals surface area contributed by atoms with Gasteiger partial charge in [-0.1, -0.05) is 23.2 Å². The van der Waals surface area contributed by atoms with Crippen LogP contribution in [0.5, 0.6) is 0 Å². The molecule has 11 heteroatoms. The second kappa shape index (κ2) is 8.12. The molecule has 0 radical (unpaired) electrons. The molecule has 1 fully saturated rings. The Morgan fingerprint density at radius 1 is 1.23 bits per heavy atom. The maximum Gasteiger partial charge on any atom is 0.435 e. The van der Waals surface area contributed by atoms with Gasteiger partial charge in [0.05, 0.1) is 34.3 Å². The highest BCUT2D eigenvalue weighted by Crippen LogP contribution is 2.42. The first-order chi connectivity index (χ1) is 14.7. The second-order valence-electron chi connectivity index (χ2n) is 7.38. The lowest BCUT2D eigenvalue weighted by atomic mass is 9.88. The lowest BCUT2D eigenvalue weighted by Gasteiger charge is -2.33. The summed E-state index contributed by atoms with van der Waals surface area (Å²) in [6, 6.07) is 6.91. The van der Waals surface area contributed by atoms with Gasteiger partial charge in [0.15, 0.2) is 5.69 Å². The third-order valence-corrected chi connectivity index (χ3v) is 6.20. The number of alkyl halides is 3. The molecule has 3 aromatic rings. The van der Waals surface area contributed by atoms with Crippen molar-refractivity contribution < 1.29 is 22.7 Å². The van der Waals surface area contributed by atoms with Gasteiger partial charge in [0, 0.05) is 23.2 Å². The Bertz CT molecular complexity index is 1130. The van der Waals surface area contributed by atoms with Gasteiger partial charge in [-0.15, -0.1) is 0 Å². The molecule has 1 aliphatic heterocycles. The molecule has 166 valence electrons. The number of hydrogen-bond acceptors (Lipinski definition) is 4. The van der Waals surface area contributed by atoms with Crippen molar-refractivity contribution in [3.8, 4) is 0 Å². The van der Waals surface area contributed by atoms with Gasteiger partial charge in [-0.3, -0.25) is 4.68 Å². The Balaban J connectivity index is 1.82. The highest BCUT2D eigenvalue weighted by atomic mass is 35.5. The zero-order valence-electron chi connectivity index (χ0n) is 16.0. The minimum absolute atomic E-state index is 0.0861. The molecular formula is C20H18Cl2F4N4O.